The van der Waals surface area contributed by atoms with Crippen LogP contribution in [0.15, 0.2) is 33.2 Å². The summed E-state index contributed by atoms with van der Waals surface area (Å²) in [4.78, 5) is 30.7. The molecule has 1 amide bonds. The van der Waals surface area contributed by atoms with Gasteiger partial charge in [-0.15, -0.1) is 12.3 Å². The molecule has 0 atom stereocenters. The third kappa shape index (κ3) is 3.25. The van der Waals surface area contributed by atoms with Gasteiger partial charge in [-0.2, -0.15) is 10.2 Å². The smallest absolute Gasteiger partial charge is 0.252 e. The molecular weight excluding hydrogens is 308 g/mol. The number of rotatable bonds is 6. The number of H-pyrrole nitrogens is 1. The standard InChI is InChI=1S/C16H16N6O2/c1-2-3-6-16(21-22-16)7-8-18-15(24)11-9-13(23)20-14-10(11)4-5-12(17)19-14/h1,4-5,9H,3,6-8H2,(H,18,24)(H3,17,19,20,23). The lowest BCUT2D eigenvalue weighted by atomic mass is 10.0. The van der Waals surface area contributed by atoms with Crippen molar-refractivity contribution in [2.45, 2.75) is 24.9 Å². The number of nitrogens with one attached hydrogen (secondary N) is 2. The number of nitrogen functional groups attached to an aromatic ring is 1. The lowest BCUT2D eigenvalue weighted by molar-refractivity contribution is 0.0953. The van der Waals surface area contributed by atoms with E-state index in [4.69, 9.17) is 12.2 Å². The van der Waals surface area contributed by atoms with E-state index in [2.05, 4.69) is 31.4 Å². The van der Waals surface area contributed by atoms with Crippen LogP contribution >= 0.6 is 0 Å². The van der Waals surface area contributed by atoms with Gasteiger partial charge in [0, 0.05) is 37.3 Å². The molecule has 0 aromatic carbocycles. The van der Waals surface area contributed by atoms with Crippen molar-refractivity contribution < 1.29 is 4.79 Å². The van der Waals surface area contributed by atoms with Crippen LogP contribution in [0.5, 0.6) is 0 Å². The molecule has 3 heterocycles. The van der Waals surface area contributed by atoms with Gasteiger partial charge in [0.05, 0.1) is 5.56 Å². The Kier molecular flexibility index (Phi) is 4.00. The minimum atomic E-state index is -0.452. The first-order valence-corrected chi connectivity index (χ1v) is 7.48. The van der Waals surface area contributed by atoms with Crippen molar-refractivity contribution >= 4 is 22.8 Å². The molecule has 0 spiro atoms. The number of hydrogen-bond donors (Lipinski definition) is 3. The molecule has 4 N–H and O–H groups in total. The fraction of sp³-hybridized carbons (Fsp3) is 0.312. The van der Waals surface area contributed by atoms with Crippen LogP contribution in [0.4, 0.5) is 5.82 Å². The molecule has 0 radical (unpaired) electrons. The Morgan fingerprint density at radius 3 is 2.88 bits per heavy atom. The molecule has 2 aromatic rings. The molecule has 2 aromatic heterocycles. The quantitative estimate of drug-likeness (QED) is 0.690. The zero-order chi connectivity index (χ0) is 17.2. The number of fused-ring (bicyclic) bond motifs is 1. The number of carbonyl (C=O) groups is 1. The van der Waals surface area contributed by atoms with Crippen LogP contribution in [0.1, 0.15) is 29.6 Å². The van der Waals surface area contributed by atoms with Crippen LogP contribution in [0, 0.1) is 12.3 Å². The summed E-state index contributed by atoms with van der Waals surface area (Å²) in [6, 6.07) is 4.48. The van der Waals surface area contributed by atoms with E-state index in [0.717, 1.165) is 0 Å². The number of pyridine rings is 2. The maximum Gasteiger partial charge on any atom is 0.252 e. The van der Waals surface area contributed by atoms with Crippen molar-refractivity contribution in [1.82, 2.24) is 15.3 Å². The minimum absolute atomic E-state index is 0.253. The Morgan fingerprint density at radius 1 is 1.38 bits per heavy atom. The summed E-state index contributed by atoms with van der Waals surface area (Å²) < 4.78 is 0. The van der Waals surface area contributed by atoms with Gasteiger partial charge in [-0.3, -0.25) is 9.59 Å². The Labute approximate surface area is 137 Å². The lowest BCUT2D eigenvalue weighted by Gasteiger charge is -2.11. The normalized spacial score (nSPS) is 14.3. The number of terminal acetylenes is 1. The van der Waals surface area contributed by atoms with Gasteiger partial charge < -0.3 is 16.0 Å². The van der Waals surface area contributed by atoms with E-state index in [0.29, 0.717) is 31.2 Å². The fourth-order valence-electron chi connectivity index (χ4n) is 2.48. The van der Waals surface area contributed by atoms with Gasteiger partial charge in [-0.1, -0.05) is 0 Å². The van der Waals surface area contributed by atoms with Crippen molar-refractivity contribution in [1.29, 1.82) is 0 Å². The second kappa shape index (κ2) is 6.12. The molecule has 0 fully saturated rings. The number of carbonyl (C=O) groups excluding carboxylic acids is 1. The third-order valence-corrected chi connectivity index (χ3v) is 3.83. The summed E-state index contributed by atoms with van der Waals surface area (Å²) >= 11 is 0. The molecule has 8 nitrogen and oxygen atoms in total. The van der Waals surface area contributed by atoms with E-state index in [9.17, 15) is 9.59 Å². The average Bonchev–Trinajstić information content (AvgIpc) is 3.31. The highest BCUT2D eigenvalue weighted by Gasteiger charge is 2.38. The zero-order valence-corrected chi connectivity index (χ0v) is 12.9. The van der Waals surface area contributed by atoms with E-state index in [1.54, 1.807) is 12.1 Å². The van der Waals surface area contributed by atoms with Gasteiger partial charge in [0.2, 0.25) is 5.56 Å². The Hall–Kier alpha value is -3.21. The van der Waals surface area contributed by atoms with Crippen molar-refractivity contribution in [2.24, 2.45) is 10.2 Å². The van der Waals surface area contributed by atoms with Crippen molar-refractivity contribution in [3.63, 3.8) is 0 Å². The van der Waals surface area contributed by atoms with Crippen LogP contribution in [0.3, 0.4) is 0 Å². The summed E-state index contributed by atoms with van der Waals surface area (Å²) in [7, 11) is 0. The van der Waals surface area contributed by atoms with E-state index in [1.165, 1.54) is 6.07 Å². The molecule has 1 aliphatic rings. The van der Waals surface area contributed by atoms with Gasteiger partial charge in [0.15, 0.2) is 5.66 Å². The molecule has 0 aliphatic carbocycles. The molecule has 1 aliphatic heterocycles. The highest BCUT2D eigenvalue weighted by molar-refractivity contribution is 6.05. The second-order valence-corrected chi connectivity index (χ2v) is 5.57. The van der Waals surface area contributed by atoms with Crippen LogP contribution in [-0.2, 0) is 0 Å². The third-order valence-electron chi connectivity index (χ3n) is 3.83. The highest BCUT2D eigenvalue weighted by Crippen LogP contribution is 2.36. The molecule has 0 bridgehead atoms. The zero-order valence-electron chi connectivity index (χ0n) is 12.9. The number of nitrogens with zero attached hydrogens (tertiary/aromatic N) is 3. The summed E-state index contributed by atoms with van der Waals surface area (Å²) in [6.07, 6.45) is 7.09. The van der Waals surface area contributed by atoms with E-state index >= 15 is 0 Å². The minimum Gasteiger partial charge on any atom is -0.384 e. The van der Waals surface area contributed by atoms with Crippen LogP contribution in [-0.4, -0.2) is 28.1 Å². The maximum atomic E-state index is 12.4. The lowest BCUT2D eigenvalue weighted by Crippen LogP contribution is -2.29. The van der Waals surface area contributed by atoms with Gasteiger partial charge in [-0.25, -0.2) is 4.98 Å². The molecule has 0 saturated heterocycles. The molecule has 3 rings (SSSR count). The Bertz CT molecular complexity index is 918. The van der Waals surface area contributed by atoms with Crippen LogP contribution < -0.4 is 16.6 Å². The predicted octanol–water partition coefficient (Wildman–Crippen LogP) is 1.20. The largest absolute Gasteiger partial charge is 0.384 e. The van der Waals surface area contributed by atoms with Crippen molar-refractivity contribution in [3.8, 4) is 12.3 Å². The SMILES string of the molecule is C#CCCC1(CCNC(=O)c2cc(=O)[nH]c3nc(N)ccc23)N=N1. The van der Waals surface area contributed by atoms with Gasteiger partial charge in [0.25, 0.3) is 5.91 Å². The number of hydrogen-bond acceptors (Lipinski definition) is 6. The van der Waals surface area contributed by atoms with Crippen LogP contribution in [0.25, 0.3) is 11.0 Å². The highest BCUT2D eigenvalue weighted by atomic mass is 16.2. The van der Waals surface area contributed by atoms with Crippen molar-refractivity contribution in [3.05, 3.63) is 34.1 Å². The number of anilines is 1. The fourth-order valence-corrected chi connectivity index (χ4v) is 2.48. The van der Waals surface area contributed by atoms with Crippen LogP contribution in [0.2, 0.25) is 0 Å². The topological polar surface area (TPSA) is 126 Å². The molecular formula is C16H16N6O2. The van der Waals surface area contributed by atoms with E-state index < -0.39 is 11.2 Å². The molecule has 0 unspecified atom stereocenters. The summed E-state index contributed by atoms with van der Waals surface area (Å²) in [5, 5.41) is 11.3. The van der Waals surface area contributed by atoms with E-state index in [-0.39, 0.29) is 22.9 Å². The summed E-state index contributed by atoms with van der Waals surface area (Å²) in [5.74, 6) is 2.47. The Morgan fingerprint density at radius 2 is 2.17 bits per heavy atom. The van der Waals surface area contributed by atoms with Gasteiger partial charge >= 0.3 is 0 Å². The van der Waals surface area contributed by atoms with Crippen molar-refractivity contribution in [2.75, 3.05) is 12.3 Å². The first-order chi connectivity index (χ1) is 11.5. The number of aromatic nitrogens is 2. The second-order valence-electron chi connectivity index (χ2n) is 5.57. The first-order valence-electron chi connectivity index (χ1n) is 7.48. The predicted molar refractivity (Wildman–Crippen MR) is 89.4 cm³/mol. The number of nitrogens with two attached hydrogens (primary N) is 1. The molecule has 8 heteroatoms. The molecule has 122 valence electrons. The average molecular weight is 324 g/mol. The van der Waals surface area contributed by atoms with Gasteiger partial charge in [0.1, 0.15) is 11.5 Å². The molecule has 24 heavy (non-hydrogen) atoms. The summed E-state index contributed by atoms with van der Waals surface area (Å²) in [5.41, 5.74) is 5.28. The maximum absolute atomic E-state index is 12.4. The number of amides is 1. The number of aromatic amines is 1. The summed E-state index contributed by atoms with van der Waals surface area (Å²) in [6.45, 7) is 0.382. The van der Waals surface area contributed by atoms with E-state index in [1.807, 2.05) is 0 Å². The van der Waals surface area contributed by atoms with Gasteiger partial charge in [-0.05, 0) is 12.1 Å². The molecule has 0 saturated carbocycles. The Balaban J connectivity index is 1.71. The first kappa shape index (κ1) is 15.7. The monoisotopic (exact) mass is 324 g/mol.